The van der Waals surface area contributed by atoms with E-state index >= 15 is 0 Å². The topological polar surface area (TPSA) is 41.0 Å². The van der Waals surface area contributed by atoms with Crippen LogP contribution in [0.5, 0.6) is 0 Å². The van der Waals surface area contributed by atoms with Crippen molar-refractivity contribution in [2.24, 2.45) is 0 Å². The highest BCUT2D eigenvalue weighted by Gasteiger charge is 2.24. The summed E-state index contributed by atoms with van der Waals surface area (Å²) in [5, 5.41) is 14.5. The van der Waals surface area contributed by atoms with Gasteiger partial charge in [-0.05, 0) is 43.8 Å². The van der Waals surface area contributed by atoms with Crippen molar-refractivity contribution in [2.45, 2.75) is 12.5 Å². The van der Waals surface area contributed by atoms with Crippen molar-refractivity contribution >= 4 is 40.6 Å². The lowest BCUT2D eigenvalue weighted by atomic mass is 10.0. The van der Waals surface area contributed by atoms with Crippen LogP contribution in [-0.4, -0.2) is 36.4 Å². The molecule has 1 atom stereocenters. The van der Waals surface area contributed by atoms with Gasteiger partial charge in [0.2, 0.25) is 0 Å². The van der Waals surface area contributed by atoms with Gasteiger partial charge < -0.3 is 10.2 Å². The van der Waals surface area contributed by atoms with Crippen molar-refractivity contribution in [3.05, 3.63) is 53.3 Å². The number of benzene rings is 2. The van der Waals surface area contributed by atoms with Crippen molar-refractivity contribution in [3.8, 4) is 11.3 Å². The molecular weight excluding hydrogens is 374 g/mol. The van der Waals surface area contributed by atoms with Crippen LogP contribution in [0.4, 0.5) is 10.2 Å². The van der Waals surface area contributed by atoms with E-state index in [1.54, 1.807) is 18.2 Å². The molecule has 0 spiro atoms. The lowest BCUT2D eigenvalue weighted by molar-refractivity contribution is 0.616. The van der Waals surface area contributed by atoms with Crippen LogP contribution in [0.1, 0.15) is 6.42 Å². The summed E-state index contributed by atoms with van der Waals surface area (Å²) in [6.45, 7) is 1.78. The van der Waals surface area contributed by atoms with Gasteiger partial charge in [0.25, 0.3) is 0 Å². The van der Waals surface area contributed by atoms with E-state index in [9.17, 15) is 4.39 Å². The van der Waals surface area contributed by atoms with Gasteiger partial charge in [0.15, 0.2) is 5.82 Å². The van der Waals surface area contributed by atoms with Gasteiger partial charge in [-0.3, -0.25) is 0 Å². The third-order valence-electron chi connectivity index (χ3n) is 4.74. The normalized spacial score (nSPS) is 16.7. The van der Waals surface area contributed by atoms with Crippen LogP contribution in [0.15, 0.2) is 42.5 Å². The number of nitrogens with one attached hydrogen (secondary N) is 1. The maximum atomic E-state index is 13.9. The van der Waals surface area contributed by atoms with Gasteiger partial charge in [-0.15, -0.1) is 22.6 Å². The molecule has 136 valence electrons. The van der Waals surface area contributed by atoms with Crippen LogP contribution in [0.25, 0.3) is 22.0 Å². The summed E-state index contributed by atoms with van der Waals surface area (Å²) in [5.41, 5.74) is 1.54. The summed E-state index contributed by atoms with van der Waals surface area (Å²) in [4.78, 5) is 2.21. The number of hydrogen-bond donors (Lipinski definition) is 1. The zero-order valence-corrected chi connectivity index (χ0v) is 15.8. The van der Waals surface area contributed by atoms with Crippen LogP contribution < -0.4 is 10.2 Å². The molecule has 0 aliphatic carbocycles. The number of nitrogens with zero attached hydrogens (tertiary/aromatic N) is 3. The average molecular weight is 393 g/mol. The molecular formula is C19H19Cl2FN4. The third kappa shape index (κ3) is 3.47. The number of fused-ring (bicyclic) bond motifs is 1. The highest BCUT2D eigenvalue weighted by atomic mass is 35.5. The van der Waals surface area contributed by atoms with E-state index in [4.69, 9.17) is 11.6 Å². The first-order valence-electron chi connectivity index (χ1n) is 8.30. The van der Waals surface area contributed by atoms with E-state index in [0.29, 0.717) is 16.8 Å². The summed E-state index contributed by atoms with van der Waals surface area (Å²) in [7, 11) is 1.97. The summed E-state index contributed by atoms with van der Waals surface area (Å²) in [5.74, 6) is 0.529. The molecule has 3 aromatic rings. The van der Waals surface area contributed by atoms with E-state index < -0.39 is 0 Å². The minimum absolute atomic E-state index is 0. The summed E-state index contributed by atoms with van der Waals surface area (Å²) >= 11 is 5.97. The van der Waals surface area contributed by atoms with E-state index in [1.807, 2.05) is 19.2 Å². The van der Waals surface area contributed by atoms with Gasteiger partial charge >= 0.3 is 0 Å². The van der Waals surface area contributed by atoms with E-state index in [-0.39, 0.29) is 18.2 Å². The van der Waals surface area contributed by atoms with Crippen LogP contribution >= 0.6 is 24.0 Å². The second kappa shape index (κ2) is 7.74. The molecule has 1 aliphatic rings. The maximum absolute atomic E-state index is 13.9. The molecule has 1 aliphatic heterocycles. The lowest BCUT2D eigenvalue weighted by Crippen LogP contribution is -2.30. The van der Waals surface area contributed by atoms with Gasteiger partial charge in [-0.25, -0.2) is 4.39 Å². The molecule has 1 unspecified atom stereocenters. The molecule has 2 heterocycles. The van der Waals surface area contributed by atoms with Crippen molar-refractivity contribution in [2.75, 3.05) is 25.0 Å². The fraction of sp³-hybridized carbons (Fsp3) is 0.263. The Labute approximate surface area is 162 Å². The number of halogens is 3. The average Bonchev–Trinajstić information content (AvgIpc) is 3.10. The number of anilines is 1. The van der Waals surface area contributed by atoms with Gasteiger partial charge in [0, 0.05) is 40.5 Å². The molecule has 26 heavy (non-hydrogen) atoms. The molecule has 1 saturated heterocycles. The highest BCUT2D eigenvalue weighted by Crippen LogP contribution is 2.33. The van der Waals surface area contributed by atoms with Crippen LogP contribution in [0.3, 0.4) is 0 Å². The number of likely N-dealkylation sites (N-methyl/N-ethyl adjacent to an activating group) is 1. The first-order valence-corrected chi connectivity index (χ1v) is 8.67. The molecule has 4 nitrogen and oxygen atoms in total. The minimum Gasteiger partial charge on any atom is -0.353 e. The van der Waals surface area contributed by atoms with Crippen LogP contribution in [0, 0.1) is 5.82 Å². The monoisotopic (exact) mass is 392 g/mol. The van der Waals surface area contributed by atoms with Gasteiger partial charge in [0.05, 0.1) is 0 Å². The Bertz CT molecular complexity index is 917. The Morgan fingerprint density at radius 3 is 2.58 bits per heavy atom. The summed E-state index contributed by atoms with van der Waals surface area (Å²) in [6, 6.07) is 12.6. The predicted octanol–water partition coefficient (Wildman–Crippen LogP) is 4.31. The first-order chi connectivity index (χ1) is 12.2. The second-order valence-electron chi connectivity index (χ2n) is 6.29. The SMILES string of the molecule is CNC1CCN(c2nnc(-c3ccc(Cl)cc3)c3cc(F)ccc23)C1.Cl. The Morgan fingerprint density at radius 2 is 1.88 bits per heavy atom. The van der Waals surface area contributed by atoms with E-state index in [1.165, 1.54) is 12.1 Å². The Kier molecular flexibility index (Phi) is 5.61. The molecule has 1 N–H and O–H groups in total. The highest BCUT2D eigenvalue weighted by molar-refractivity contribution is 6.30. The fourth-order valence-electron chi connectivity index (χ4n) is 3.36. The summed E-state index contributed by atoms with van der Waals surface area (Å²) < 4.78 is 13.9. The van der Waals surface area contributed by atoms with E-state index in [0.717, 1.165) is 41.7 Å². The van der Waals surface area contributed by atoms with Crippen molar-refractivity contribution in [3.63, 3.8) is 0 Å². The largest absolute Gasteiger partial charge is 0.353 e. The molecule has 1 fully saturated rings. The van der Waals surface area contributed by atoms with Gasteiger partial charge in [0.1, 0.15) is 11.5 Å². The zero-order valence-electron chi connectivity index (χ0n) is 14.2. The number of hydrogen-bond acceptors (Lipinski definition) is 4. The third-order valence-corrected chi connectivity index (χ3v) is 4.99. The van der Waals surface area contributed by atoms with Crippen LogP contribution in [-0.2, 0) is 0 Å². The Hall–Kier alpha value is -1.95. The second-order valence-corrected chi connectivity index (χ2v) is 6.73. The smallest absolute Gasteiger partial charge is 0.159 e. The maximum Gasteiger partial charge on any atom is 0.159 e. The van der Waals surface area contributed by atoms with Gasteiger partial charge in [-0.2, -0.15) is 0 Å². The zero-order chi connectivity index (χ0) is 17.4. The molecule has 0 amide bonds. The van der Waals surface area contributed by atoms with Gasteiger partial charge in [-0.1, -0.05) is 23.7 Å². The molecule has 0 radical (unpaired) electrons. The molecule has 0 bridgehead atoms. The number of rotatable bonds is 3. The van der Waals surface area contributed by atoms with Crippen molar-refractivity contribution in [1.29, 1.82) is 0 Å². The Morgan fingerprint density at radius 1 is 1.12 bits per heavy atom. The van der Waals surface area contributed by atoms with E-state index in [2.05, 4.69) is 20.4 Å². The number of aromatic nitrogens is 2. The molecule has 0 saturated carbocycles. The fourth-order valence-corrected chi connectivity index (χ4v) is 3.48. The predicted molar refractivity (Wildman–Crippen MR) is 107 cm³/mol. The minimum atomic E-state index is -0.281. The lowest BCUT2D eigenvalue weighted by Gasteiger charge is -2.19. The first kappa shape index (κ1) is 18.8. The quantitative estimate of drug-likeness (QED) is 0.720. The summed E-state index contributed by atoms with van der Waals surface area (Å²) in [6.07, 6.45) is 1.06. The van der Waals surface area contributed by atoms with Crippen molar-refractivity contribution in [1.82, 2.24) is 15.5 Å². The van der Waals surface area contributed by atoms with Crippen LogP contribution in [0.2, 0.25) is 5.02 Å². The molecule has 4 rings (SSSR count). The molecule has 1 aromatic heterocycles. The van der Waals surface area contributed by atoms with Crippen molar-refractivity contribution < 1.29 is 4.39 Å². The molecule has 2 aromatic carbocycles. The molecule has 7 heteroatoms. The standard InChI is InChI=1S/C19H18ClFN4.ClH/c1-22-15-8-9-25(11-15)19-16-7-6-14(21)10-17(16)18(23-24-19)12-2-4-13(20)5-3-12;/h2-7,10,15,22H,8-9,11H2,1H3;1H. The Balaban J connectivity index is 0.00000196.